The molecule has 4 nitrogen and oxygen atoms in total. The fourth-order valence-corrected chi connectivity index (χ4v) is 3.59. The Hall–Kier alpha value is -0.260. The second-order valence-corrected chi connectivity index (χ2v) is 5.23. The van der Waals surface area contributed by atoms with Crippen molar-refractivity contribution in [2.75, 3.05) is 12.4 Å². The van der Waals surface area contributed by atoms with E-state index in [0.717, 1.165) is 19.4 Å². The third-order valence-corrected chi connectivity index (χ3v) is 4.28. The molecular weight excluding hydrogens is 202 g/mol. The molecule has 1 atom stereocenters. The number of carbonyl (C=O) groups is 1. The normalized spacial score (nSPS) is 41.2. The van der Waals surface area contributed by atoms with E-state index in [9.17, 15) is 4.79 Å². The number of ether oxygens (including phenoxy) is 1. The van der Waals surface area contributed by atoms with Crippen LogP contribution in [0.3, 0.4) is 0 Å². The molecule has 0 aromatic carbocycles. The molecule has 80 valence electrons. The van der Waals surface area contributed by atoms with Crippen LogP contribution in [0.25, 0.3) is 0 Å². The summed E-state index contributed by atoms with van der Waals surface area (Å²) in [4.78, 5) is 10.7. The molecule has 2 N–H and O–H groups in total. The van der Waals surface area contributed by atoms with Crippen molar-refractivity contribution in [1.82, 2.24) is 5.32 Å². The van der Waals surface area contributed by atoms with Crippen molar-refractivity contribution in [2.24, 2.45) is 0 Å². The largest absolute Gasteiger partial charge is 0.480 e. The molecule has 1 spiro atoms. The summed E-state index contributed by atoms with van der Waals surface area (Å²) in [6, 6.07) is -0.373. The molecule has 2 rings (SSSR count). The Morgan fingerprint density at radius 1 is 1.71 bits per heavy atom. The average Bonchev–Trinajstić information content (AvgIpc) is 2.48. The lowest BCUT2D eigenvalue weighted by molar-refractivity contribution is -0.139. The van der Waals surface area contributed by atoms with Gasteiger partial charge in [-0.15, -0.1) is 11.8 Å². The molecule has 1 aliphatic heterocycles. The summed E-state index contributed by atoms with van der Waals surface area (Å²) < 4.78 is 5.46. The maximum absolute atomic E-state index is 10.7. The second kappa shape index (κ2) is 3.72. The van der Waals surface area contributed by atoms with Gasteiger partial charge in [-0.3, -0.25) is 10.1 Å². The minimum atomic E-state index is -0.741. The highest BCUT2D eigenvalue weighted by Gasteiger charge is 2.51. The van der Waals surface area contributed by atoms with Crippen LogP contribution < -0.4 is 5.32 Å². The molecule has 0 aromatic rings. The Kier molecular flexibility index (Phi) is 2.72. The van der Waals surface area contributed by atoms with Gasteiger partial charge in [0.2, 0.25) is 0 Å². The van der Waals surface area contributed by atoms with Gasteiger partial charge in [0.15, 0.2) is 0 Å². The van der Waals surface area contributed by atoms with E-state index < -0.39 is 5.97 Å². The fraction of sp³-hybridized carbons (Fsp3) is 0.889. The van der Waals surface area contributed by atoms with Crippen LogP contribution in [0.2, 0.25) is 0 Å². The van der Waals surface area contributed by atoms with Gasteiger partial charge in [0, 0.05) is 25.2 Å². The van der Waals surface area contributed by atoms with Gasteiger partial charge < -0.3 is 9.84 Å². The van der Waals surface area contributed by atoms with E-state index in [0.29, 0.717) is 11.9 Å². The van der Waals surface area contributed by atoms with Gasteiger partial charge in [0.1, 0.15) is 6.04 Å². The molecular formula is C9H15NO3S. The monoisotopic (exact) mass is 217 g/mol. The summed E-state index contributed by atoms with van der Waals surface area (Å²) in [5, 5.41) is 12.0. The Balaban J connectivity index is 1.82. The van der Waals surface area contributed by atoms with Crippen LogP contribution in [0.4, 0.5) is 0 Å². The molecule has 0 radical (unpaired) electrons. The van der Waals surface area contributed by atoms with Crippen LogP contribution in [0.5, 0.6) is 0 Å². The molecule has 0 aromatic heterocycles. The minimum absolute atomic E-state index is 0.00287. The van der Waals surface area contributed by atoms with E-state index in [1.165, 1.54) is 0 Å². The Bertz CT molecular complexity index is 240. The third kappa shape index (κ3) is 1.76. The van der Waals surface area contributed by atoms with Crippen LogP contribution in [0.15, 0.2) is 0 Å². The molecule has 0 bridgehead atoms. The third-order valence-electron chi connectivity index (χ3n) is 2.78. The number of hydrogen-bond acceptors (Lipinski definition) is 4. The summed E-state index contributed by atoms with van der Waals surface area (Å²) >= 11 is 1.73. The quantitative estimate of drug-likeness (QED) is 0.727. The second-order valence-electron chi connectivity index (χ2n) is 3.83. The van der Waals surface area contributed by atoms with Gasteiger partial charge in [0.25, 0.3) is 0 Å². The molecule has 1 aliphatic carbocycles. The van der Waals surface area contributed by atoms with Crippen molar-refractivity contribution in [3.05, 3.63) is 0 Å². The molecule has 0 unspecified atom stereocenters. The number of rotatable bonds is 3. The van der Waals surface area contributed by atoms with Crippen molar-refractivity contribution in [2.45, 2.75) is 36.8 Å². The van der Waals surface area contributed by atoms with E-state index >= 15 is 0 Å². The molecule has 2 fully saturated rings. The van der Waals surface area contributed by atoms with E-state index in [-0.39, 0.29) is 10.9 Å². The maximum atomic E-state index is 10.7. The maximum Gasteiger partial charge on any atom is 0.321 e. The van der Waals surface area contributed by atoms with Crippen molar-refractivity contribution in [3.63, 3.8) is 0 Å². The van der Waals surface area contributed by atoms with Gasteiger partial charge in [-0.2, -0.15) is 0 Å². The zero-order valence-electron chi connectivity index (χ0n) is 8.16. The van der Waals surface area contributed by atoms with Gasteiger partial charge >= 0.3 is 5.97 Å². The lowest BCUT2D eigenvalue weighted by Gasteiger charge is -2.44. The van der Waals surface area contributed by atoms with Crippen LogP contribution in [-0.2, 0) is 9.53 Å². The number of thioether (sulfide) groups is 1. The summed E-state index contributed by atoms with van der Waals surface area (Å²) in [5.74, 6) is -0.0667. The van der Waals surface area contributed by atoms with Crippen LogP contribution in [0, 0.1) is 0 Å². The Morgan fingerprint density at radius 2 is 2.43 bits per heavy atom. The van der Waals surface area contributed by atoms with E-state index in [1.807, 2.05) is 6.92 Å². The topological polar surface area (TPSA) is 58.6 Å². The standard InChI is InChI=1S/C9H15NO3S/c1-2-13-6-3-9(4-6)10-7(5-14-9)8(11)12/h6-7,10H,2-5H2,1H3,(H,11,12)/t6?,7-,9?/m1/s1. The lowest BCUT2D eigenvalue weighted by Crippen LogP contribution is -2.55. The molecule has 1 saturated carbocycles. The highest BCUT2D eigenvalue weighted by Crippen LogP contribution is 2.47. The van der Waals surface area contributed by atoms with Crippen molar-refractivity contribution in [3.8, 4) is 0 Å². The SMILES string of the molecule is CCOC1CC2(C1)N[C@@H](C(=O)O)CS2. The molecule has 2 aliphatic rings. The first-order valence-electron chi connectivity index (χ1n) is 4.91. The first kappa shape index (κ1) is 10.3. The van der Waals surface area contributed by atoms with Crippen molar-refractivity contribution < 1.29 is 14.6 Å². The number of hydrogen-bond donors (Lipinski definition) is 2. The van der Waals surface area contributed by atoms with Gasteiger partial charge in [0.05, 0.1) is 11.0 Å². The van der Waals surface area contributed by atoms with Gasteiger partial charge in [-0.1, -0.05) is 0 Å². The highest BCUT2D eigenvalue weighted by atomic mass is 32.2. The molecule has 1 heterocycles. The van der Waals surface area contributed by atoms with Crippen LogP contribution in [0.1, 0.15) is 19.8 Å². The van der Waals surface area contributed by atoms with Crippen LogP contribution >= 0.6 is 11.8 Å². The first-order valence-corrected chi connectivity index (χ1v) is 5.90. The zero-order chi connectivity index (χ0) is 10.2. The average molecular weight is 217 g/mol. The zero-order valence-corrected chi connectivity index (χ0v) is 8.97. The van der Waals surface area contributed by atoms with Crippen LogP contribution in [-0.4, -0.2) is 40.5 Å². The Labute approximate surface area is 87.4 Å². The number of carboxylic acid groups (broad SMARTS) is 1. The summed E-state index contributed by atoms with van der Waals surface area (Å²) in [6.45, 7) is 2.73. The van der Waals surface area contributed by atoms with Crippen molar-refractivity contribution in [1.29, 1.82) is 0 Å². The summed E-state index contributed by atoms with van der Waals surface area (Å²) in [6.07, 6.45) is 2.21. The van der Waals surface area contributed by atoms with Gasteiger partial charge in [-0.05, 0) is 6.92 Å². The smallest absolute Gasteiger partial charge is 0.321 e. The predicted molar refractivity (Wildman–Crippen MR) is 54.4 cm³/mol. The molecule has 1 saturated heterocycles. The number of aliphatic carboxylic acids is 1. The predicted octanol–water partition coefficient (Wildman–Crippen LogP) is 0.671. The molecule has 0 amide bonds. The fourth-order valence-electron chi connectivity index (χ4n) is 2.04. The summed E-state index contributed by atoms with van der Waals surface area (Å²) in [7, 11) is 0. The Morgan fingerprint density at radius 3 is 2.93 bits per heavy atom. The summed E-state index contributed by atoms with van der Waals surface area (Å²) in [5.41, 5.74) is 0. The van der Waals surface area contributed by atoms with E-state index in [4.69, 9.17) is 9.84 Å². The highest BCUT2D eigenvalue weighted by molar-refractivity contribution is 8.01. The molecule has 5 heteroatoms. The van der Waals surface area contributed by atoms with E-state index in [2.05, 4.69) is 5.32 Å². The minimum Gasteiger partial charge on any atom is -0.480 e. The first-order chi connectivity index (χ1) is 6.65. The molecule has 14 heavy (non-hydrogen) atoms. The number of carboxylic acids is 1. The number of nitrogens with one attached hydrogen (secondary N) is 1. The van der Waals surface area contributed by atoms with E-state index in [1.54, 1.807) is 11.8 Å². The lowest BCUT2D eigenvalue weighted by atomic mass is 9.88. The van der Waals surface area contributed by atoms with Gasteiger partial charge in [-0.25, -0.2) is 0 Å². The van der Waals surface area contributed by atoms with Crippen molar-refractivity contribution >= 4 is 17.7 Å².